The zero-order valence-corrected chi connectivity index (χ0v) is 11.0. The highest BCUT2D eigenvalue weighted by Gasteiger charge is 2.20. The van der Waals surface area contributed by atoms with E-state index in [0.29, 0.717) is 22.1 Å². The maximum atomic E-state index is 6.33. The molecule has 2 N–H and O–H groups in total. The largest absolute Gasteiger partial charge is 0.493 e. The maximum absolute atomic E-state index is 6.33. The third kappa shape index (κ3) is 1.86. The number of hydrogen-bond acceptors (Lipinski definition) is 5. The number of nitrogens with zero attached hydrogens (tertiary/aromatic N) is 1. The Morgan fingerprint density at radius 1 is 1.33 bits per heavy atom. The fraction of sp³-hybridized carbons (Fsp3) is 0.250. The molecular weight excluding hydrogens is 256 g/mol. The number of nitrogens with two attached hydrogens (primary N) is 1. The molecule has 0 saturated carbocycles. The normalized spacial score (nSPS) is 10.4. The van der Waals surface area contributed by atoms with Crippen molar-refractivity contribution < 1.29 is 14.0 Å². The molecule has 1 aromatic heterocycles. The smallest absolute Gasteiger partial charge is 0.230 e. The number of nitrogen functional groups attached to an aromatic ring is 1. The average Bonchev–Trinajstić information content (AvgIpc) is 2.75. The fourth-order valence-electron chi connectivity index (χ4n) is 1.84. The van der Waals surface area contributed by atoms with Crippen molar-refractivity contribution in [2.24, 2.45) is 0 Å². The van der Waals surface area contributed by atoms with Gasteiger partial charge in [-0.3, -0.25) is 0 Å². The number of methoxy groups -OCH3 is 2. The third-order valence-corrected chi connectivity index (χ3v) is 3.04. The summed E-state index contributed by atoms with van der Waals surface area (Å²) in [5.74, 6) is 1.24. The van der Waals surface area contributed by atoms with Crippen LogP contribution in [0.2, 0.25) is 5.02 Å². The molecular formula is C12H13ClN2O3. The second-order valence-electron chi connectivity index (χ2n) is 3.72. The van der Waals surface area contributed by atoms with Crippen molar-refractivity contribution in [3.05, 3.63) is 22.8 Å². The summed E-state index contributed by atoms with van der Waals surface area (Å²) in [6.07, 6.45) is 1.52. The summed E-state index contributed by atoms with van der Waals surface area (Å²) in [7, 11) is 3.08. The van der Waals surface area contributed by atoms with E-state index in [1.807, 2.05) is 13.0 Å². The highest BCUT2D eigenvalue weighted by molar-refractivity contribution is 6.35. The van der Waals surface area contributed by atoms with Gasteiger partial charge in [0.2, 0.25) is 5.88 Å². The minimum Gasteiger partial charge on any atom is -0.493 e. The van der Waals surface area contributed by atoms with Crippen molar-refractivity contribution in [2.45, 2.75) is 6.92 Å². The van der Waals surface area contributed by atoms with E-state index >= 15 is 0 Å². The molecule has 2 rings (SSSR count). The lowest BCUT2D eigenvalue weighted by Gasteiger charge is -2.14. The molecule has 5 nitrogen and oxygen atoms in total. The van der Waals surface area contributed by atoms with Crippen LogP contribution < -0.4 is 15.2 Å². The van der Waals surface area contributed by atoms with Crippen LogP contribution in [0.5, 0.6) is 11.5 Å². The van der Waals surface area contributed by atoms with Gasteiger partial charge in [0.15, 0.2) is 11.5 Å². The first-order valence-electron chi connectivity index (χ1n) is 5.21. The Kier molecular flexibility index (Phi) is 3.34. The average molecular weight is 269 g/mol. The minimum atomic E-state index is 0.215. The predicted octanol–water partition coefficient (Wildman–Crippen LogP) is 2.90. The van der Waals surface area contributed by atoms with Crippen molar-refractivity contribution in [2.75, 3.05) is 20.0 Å². The summed E-state index contributed by atoms with van der Waals surface area (Å²) >= 11 is 6.33. The van der Waals surface area contributed by atoms with E-state index in [1.165, 1.54) is 13.3 Å². The molecule has 1 heterocycles. The molecule has 0 aliphatic carbocycles. The van der Waals surface area contributed by atoms with E-state index in [0.717, 1.165) is 11.1 Å². The molecule has 2 aromatic rings. The summed E-state index contributed by atoms with van der Waals surface area (Å²) < 4.78 is 15.3. The number of aryl methyl sites for hydroxylation is 1. The van der Waals surface area contributed by atoms with E-state index in [4.69, 9.17) is 31.3 Å². The molecule has 0 fully saturated rings. The molecule has 18 heavy (non-hydrogen) atoms. The number of hydrogen-bond donors (Lipinski definition) is 1. The van der Waals surface area contributed by atoms with Crippen molar-refractivity contribution >= 4 is 17.5 Å². The second-order valence-corrected chi connectivity index (χ2v) is 4.10. The maximum Gasteiger partial charge on any atom is 0.230 e. The fourth-order valence-corrected chi connectivity index (χ4v) is 2.26. The van der Waals surface area contributed by atoms with Crippen molar-refractivity contribution in [1.82, 2.24) is 5.16 Å². The van der Waals surface area contributed by atoms with E-state index in [-0.39, 0.29) is 5.88 Å². The highest BCUT2D eigenvalue weighted by atomic mass is 35.5. The molecule has 0 radical (unpaired) electrons. The third-order valence-electron chi connectivity index (χ3n) is 2.68. The van der Waals surface area contributed by atoms with Crippen LogP contribution in [0, 0.1) is 6.92 Å². The van der Waals surface area contributed by atoms with Gasteiger partial charge in [0.1, 0.15) is 0 Å². The number of rotatable bonds is 3. The van der Waals surface area contributed by atoms with Crippen LogP contribution in [0.3, 0.4) is 0 Å². The lowest BCUT2D eigenvalue weighted by molar-refractivity contribution is 0.355. The summed E-state index contributed by atoms with van der Waals surface area (Å²) in [5.41, 5.74) is 7.98. The number of benzene rings is 1. The van der Waals surface area contributed by atoms with E-state index in [2.05, 4.69) is 5.16 Å². The van der Waals surface area contributed by atoms with Crippen molar-refractivity contribution in [3.8, 4) is 22.6 Å². The number of halogens is 1. The Labute approximate surface area is 109 Å². The molecule has 0 amide bonds. The molecule has 0 saturated heterocycles. The Morgan fingerprint density at radius 3 is 2.56 bits per heavy atom. The van der Waals surface area contributed by atoms with Crippen LogP contribution in [-0.4, -0.2) is 19.4 Å². The van der Waals surface area contributed by atoms with E-state index in [1.54, 1.807) is 7.11 Å². The lowest BCUT2D eigenvalue weighted by Crippen LogP contribution is -1.96. The Bertz CT molecular complexity index is 581. The summed E-state index contributed by atoms with van der Waals surface area (Å²) in [6.45, 7) is 1.90. The highest BCUT2D eigenvalue weighted by Crippen LogP contribution is 2.45. The monoisotopic (exact) mass is 268 g/mol. The van der Waals surface area contributed by atoms with E-state index < -0.39 is 0 Å². The van der Waals surface area contributed by atoms with E-state index in [9.17, 15) is 0 Å². The Morgan fingerprint density at radius 2 is 2.06 bits per heavy atom. The van der Waals surface area contributed by atoms with Crippen LogP contribution in [0.15, 0.2) is 16.8 Å². The van der Waals surface area contributed by atoms with Gasteiger partial charge in [0.05, 0.1) is 31.0 Å². The molecule has 0 unspecified atom stereocenters. The van der Waals surface area contributed by atoms with Gasteiger partial charge in [0, 0.05) is 5.56 Å². The van der Waals surface area contributed by atoms with Crippen LogP contribution in [0.4, 0.5) is 5.88 Å². The van der Waals surface area contributed by atoms with Crippen molar-refractivity contribution in [3.63, 3.8) is 0 Å². The first kappa shape index (κ1) is 12.6. The molecule has 0 spiro atoms. The first-order chi connectivity index (χ1) is 8.60. The van der Waals surface area contributed by atoms with Gasteiger partial charge >= 0.3 is 0 Å². The molecule has 0 atom stereocenters. The summed E-state index contributed by atoms with van der Waals surface area (Å²) in [5, 5.41) is 4.07. The van der Waals surface area contributed by atoms with Gasteiger partial charge in [-0.15, -0.1) is 0 Å². The van der Waals surface area contributed by atoms with Crippen LogP contribution in [-0.2, 0) is 0 Å². The number of aromatic nitrogens is 1. The van der Waals surface area contributed by atoms with Gasteiger partial charge in [-0.1, -0.05) is 16.8 Å². The summed E-state index contributed by atoms with van der Waals surface area (Å²) in [6, 6.07) is 1.83. The lowest BCUT2D eigenvalue weighted by atomic mass is 10.0. The predicted molar refractivity (Wildman–Crippen MR) is 69.2 cm³/mol. The SMILES string of the molecule is COc1cc(C)c(-c2cnoc2N)c(Cl)c1OC. The zero-order valence-electron chi connectivity index (χ0n) is 10.3. The van der Waals surface area contributed by atoms with Crippen LogP contribution in [0.25, 0.3) is 11.1 Å². The Balaban J connectivity index is 2.73. The topological polar surface area (TPSA) is 70.5 Å². The van der Waals surface area contributed by atoms with Gasteiger partial charge in [-0.2, -0.15) is 0 Å². The van der Waals surface area contributed by atoms with Gasteiger partial charge < -0.3 is 19.7 Å². The molecule has 6 heteroatoms. The second kappa shape index (κ2) is 4.78. The van der Waals surface area contributed by atoms with Gasteiger partial charge in [0.25, 0.3) is 0 Å². The van der Waals surface area contributed by atoms with Gasteiger partial charge in [-0.25, -0.2) is 0 Å². The molecule has 0 bridgehead atoms. The van der Waals surface area contributed by atoms with Gasteiger partial charge in [-0.05, 0) is 18.6 Å². The molecule has 96 valence electrons. The minimum absolute atomic E-state index is 0.215. The van der Waals surface area contributed by atoms with Crippen LogP contribution in [0.1, 0.15) is 5.56 Å². The molecule has 1 aromatic carbocycles. The van der Waals surface area contributed by atoms with Crippen LogP contribution >= 0.6 is 11.6 Å². The standard InChI is InChI=1S/C12H13ClN2O3/c1-6-4-8(16-2)11(17-3)10(13)9(6)7-5-15-18-12(7)14/h4-5H,14H2,1-3H3. The molecule has 0 aliphatic heterocycles. The Hall–Kier alpha value is -1.88. The quantitative estimate of drug-likeness (QED) is 0.927. The zero-order chi connectivity index (χ0) is 13.3. The first-order valence-corrected chi connectivity index (χ1v) is 5.59. The van der Waals surface area contributed by atoms with Crippen molar-refractivity contribution in [1.29, 1.82) is 0 Å². The number of ether oxygens (including phenoxy) is 2. The number of anilines is 1. The summed E-state index contributed by atoms with van der Waals surface area (Å²) in [4.78, 5) is 0. The molecule has 0 aliphatic rings.